The van der Waals surface area contributed by atoms with E-state index < -0.39 is 0 Å². The highest BCUT2D eigenvalue weighted by Gasteiger charge is 2.11. The summed E-state index contributed by atoms with van der Waals surface area (Å²) in [6, 6.07) is 4.61. The summed E-state index contributed by atoms with van der Waals surface area (Å²) in [5.41, 5.74) is 7.36. The summed E-state index contributed by atoms with van der Waals surface area (Å²) < 4.78 is 0. The van der Waals surface area contributed by atoms with Gasteiger partial charge in [0.25, 0.3) is 0 Å². The molecule has 0 heterocycles. The van der Waals surface area contributed by atoms with Gasteiger partial charge >= 0.3 is 0 Å². The van der Waals surface area contributed by atoms with E-state index in [0.29, 0.717) is 0 Å². The van der Waals surface area contributed by atoms with Gasteiger partial charge in [-0.3, -0.25) is 0 Å². The van der Waals surface area contributed by atoms with E-state index in [-0.39, 0.29) is 0 Å². The van der Waals surface area contributed by atoms with Gasteiger partial charge in [-0.25, -0.2) is 0 Å². The van der Waals surface area contributed by atoms with Crippen LogP contribution in [0.1, 0.15) is 47.9 Å². The van der Waals surface area contributed by atoms with Gasteiger partial charge in [-0.15, -0.1) is 0 Å². The predicted molar refractivity (Wildman–Crippen MR) is 67.1 cm³/mol. The average molecular weight is 200 g/mol. The topological polar surface area (TPSA) is 0 Å². The number of allylic oxidation sites excluding steroid dienone is 2. The summed E-state index contributed by atoms with van der Waals surface area (Å²) in [7, 11) is 0. The van der Waals surface area contributed by atoms with E-state index in [0.717, 1.165) is 0 Å². The van der Waals surface area contributed by atoms with E-state index in [1.165, 1.54) is 47.9 Å². The van der Waals surface area contributed by atoms with Gasteiger partial charge in [0.1, 0.15) is 0 Å². The molecule has 0 saturated heterocycles. The second-order valence-electron chi connectivity index (χ2n) is 4.75. The van der Waals surface area contributed by atoms with Crippen LogP contribution in [-0.2, 0) is 0 Å². The largest absolute Gasteiger partial charge is 0.0807 e. The molecule has 0 heteroatoms. The van der Waals surface area contributed by atoms with Crippen molar-refractivity contribution in [3.63, 3.8) is 0 Å². The minimum Gasteiger partial charge on any atom is -0.0807 e. The van der Waals surface area contributed by atoms with Crippen molar-refractivity contribution in [3.8, 4) is 0 Å². The molecule has 1 aromatic carbocycles. The fraction of sp³-hybridized carbons (Fsp3) is 0.467. The molecular formula is C15H20. The Labute approximate surface area is 93.0 Å². The van der Waals surface area contributed by atoms with Gasteiger partial charge in [-0.1, -0.05) is 23.8 Å². The molecule has 1 aromatic rings. The lowest BCUT2D eigenvalue weighted by molar-refractivity contribution is 0.741. The molecule has 0 saturated carbocycles. The standard InChI is InChI=1S/C15H20/c1-11-9-12(2)15(13(3)10-11)14-7-5-4-6-8-14/h7,9-10H,4-6,8H2,1-3H3. The third-order valence-corrected chi connectivity index (χ3v) is 3.29. The summed E-state index contributed by atoms with van der Waals surface area (Å²) >= 11 is 0. The smallest absolute Gasteiger partial charge is 0.0169 e. The minimum atomic E-state index is 1.27. The zero-order chi connectivity index (χ0) is 10.8. The van der Waals surface area contributed by atoms with Crippen LogP contribution in [0.4, 0.5) is 0 Å². The fourth-order valence-electron chi connectivity index (χ4n) is 2.75. The molecule has 15 heavy (non-hydrogen) atoms. The molecule has 0 radical (unpaired) electrons. The maximum Gasteiger partial charge on any atom is -0.0169 e. The number of benzene rings is 1. The average Bonchev–Trinajstić information content (AvgIpc) is 2.17. The quantitative estimate of drug-likeness (QED) is 0.623. The van der Waals surface area contributed by atoms with E-state index in [2.05, 4.69) is 39.0 Å². The molecule has 0 aromatic heterocycles. The first-order chi connectivity index (χ1) is 7.18. The van der Waals surface area contributed by atoms with Crippen LogP contribution in [-0.4, -0.2) is 0 Å². The van der Waals surface area contributed by atoms with Crippen LogP contribution in [0.2, 0.25) is 0 Å². The van der Waals surface area contributed by atoms with Crippen molar-refractivity contribution >= 4 is 5.57 Å². The van der Waals surface area contributed by atoms with Crippen molar-refractivity contribution in [1.29, 1.82) is 0 Å². The van der Waals surface area contributed by atoms with Crippen molar-refractivity contribution in [2.75, 3.05) is 0 Å². The molecule has 0 nitrogen and oxygen atoms in total. The van der Waals surface area contributed by atoms with E-state index in [4.69, 9.17) is 0 Å². The number of rotatable bonds is 1. The Kier molecular flexibility index (Phi) is 2.95. The summed E-state index contributed by atoms with van der Waals surface area (Å²) in [6.45, 7) is 6.66. The van der Waals surface area contributed by atoms with Crippen LogP contribution >= 0.6 is 0 Å². The molecule has 0 atom stereocenters. The maximum atomic E-state index is 2.44. The maximum absolute atomic E-state index is 2.44. The van der Waals surface area contributed by atoms with Crippen LogP contribution in [0, 0.1) is 20.8 Å². The molecule has 0 amide bonds. The monoisotopic (exact) mass is 200 g/mol. The van der Waals surface area contributed by atoms with E-state index in [1.54, 1.807) is 5.57 Å². The molecule has 80 valence electrons. The van der Waals surface area contributed by atoms with Gasteiger partial charge in [0.15, 0.2) is 0 Å². The molecule has 0 aliphatic heterocycles. The highest BCUT2D eigenvalue weighted by Crippen LogP contribution is 2.31. The van der Waals surface area contributed by atoms with Crippen molar-refractivity contribution in [2.45, 2.75) is 46.5 Å². The first-order valence-electron chi connectivity index (χ1n) is 5.96. The van der Waals surface area contributed by atoms with Gasteiger partial charge in [-0.2, -0.15) is 0 Å². The SMILES string of the molecule is Cc1cc(C)c(C2=CCCCC2)c(C)c1. The highest BCUT2D eigenvalue weighted by molar-refractivity contribution is 5.71. The Morgan fingerprint density at radius 3 is 2.13 bits per heavy atom. The zero-order valence-corrected chi connectivity index (χ0v) is 10.1. The lowest BCUT2D eigenvalue weighted by Gasteiger charge is -2.18. The van der Waals surface area contributed by atoms with Crippen molar-refractivity contribution < 1.29 is 0 Å². The van der Waals surface area contributed by atoms with Crippen molar-refractivity contribution in [3.05, 3.63) is 40.5 Å². The Hall–Kier alpha value is -1.04. The number of hydrogen-bond acceptors (Lipinski definition) is 0. The number of aryl methyl sites for hydroxylation is 3. The Balaban J connectivity index is 2.47. The molecule has 1 aliphatic rings. The fourth-order valence-corrected chi connectivity index (χ4v) is 2.75. The van der Waals surface area contributed by atoms with Crippen LogP contribution in [0.5, 0.6) is 0 Å². The zero-order valence-electron chi connectivity index (χ0n) is 10.1. The van der Waals surface area contributed by atoms with Crippen molar-refractivity contribution in [2.24, 2.45) is 0 Å². The van der Waals surface area contributed by atoms with Crippen LogP contribution in [0.15, 0.2) is 18.2 Å². The lowest BCUT2D eigenvalue weighted by Crippen LogP contribution is -1.98. The molecular weight excluding hydrogens is 180 g/mol. The van der Waals surface area contributed by atoms with Crippen molar-refractivity contribution in [1.82, 2.24) is 0 Å². The first-order valence-corrected chi connectivity index (χ1v) is 5.96. The number of hydrogen-bond donors (Lipinski definition) is 0. The normalized spacial score (nSPS) is 16.3. The van der Waals surface area contributed by atoms with Gasteiger partial charge < -0.3 is 0 Å². The lowest BCUT2D eigenvalue weighted by atomic mass is 9.87. The highest BCUT2D eigenvalue weighted by atomic mass is 14.2. The van der Waals surface area contributed by atoms with Crippen LogP contribution < -0.4 is 0 Å². The summed E-state index contributed by atoms with van der Waals surface area (Å²) in [5, 5.41) is 0. The third kappa shape index (κ3) is 2.14. The second-order valence-corrected chi connectivity index (χ2v) is 4.75. The molecule has 1 aliphatic carbocycles. The van der Waals surface area contributed by atoms with E-state index >= 15 is 0 Å². The Morgan fingerprint density at radius 2 is 1.60 bits per heavy atom. The van der Waals surface area contributed by atoms with Gasteiger partial charge in [-0.05, 0) is 68.7 Å². The molecule has 0 spiro atoms. The molecule has 0 bridgehead atoms. The summed E-state index contributed by atoms with van der Waals surface area (Å²) in [6.07, 6.45) is 7.70. The Bertz CT molecular complexity index is 373. The Morgan fingerprint density at radius 1 is 0.933 bits per heavy atom. The van der Waals surface area contributed by atoms with Gasteiger partial charge in [0.2, 0.25) is 0 Å². The first kappa shape index (κ1) is 10.5. The van der Waals surface area contributed by atoms with Crippen LogP contribution in [0.25, 0.3) is 5.57 Å². The summed E-state index contributed by atoms with van der Waals surface area (Å²) in [5.74, 6) is 0. The molecule has 0 N–H and O–H groups in total. The molecule has 0 fully saturated rings. The van der Waals surface area contributed by atoms with Gasteiger partial charge in [0.05, 0.1) is 0 Å². The predicted octanol–water partition coefficient (Wildman–Crippen LogP) is 4.57. The van der Waals surface area contributed by atoms with E-state index in [9.17, 15) is 0 Å². The summed E-state index contributed by atoms with van der Waals surface area (Å²) in [4.78, 5) is 0. The molecule has 2 rings (SSSR count). The minimum absolute atomic E-state index is 1.27. The van der Waals surface area contributed by atoms with Gasteiger partial charge in [0, 0.05) is 0 Å². The molecule has 0 unspecified atom stereocenters. The third-order valence-electron chi connectivity index (χ3n) is 3.29. The van der Waals surface area contributed by atoms with Crippen LogP contribution in [0.3, 0.4) is 0 Å². The second kappa shape index (κ2) is 4.22. The van der Waals surface area contributed by atoms with E-state index in [1.807, 2.05) is 0 Å².